The number of aliphatic hydroxyl groups excluding tert-OH is 2. The highest BCUT2D eigenvalue weighted by Gasteiger charge is 2.34. The predicted octanol–water partition coefficient (Wildman–Crippen LogP) is 2.03. The van der Waals surface area contributed by atoms with E-state index in [1.807, 2.05) is 18.2 Å². The summed E-state index contributed by atoms with van der Waals surface area (Å²) in [6.45, 7) is 2.86. The highest BCUT2D eigenvalue weighted by atomic mass is 16.3. The van der Waals surface area contributed by atoms with Gasteiger partial charge in [-0.25, -0.2) is 0 Å². The first-order valence-electron chi connectivity index (χ1n) is 7.26. The Bertz CT molecular complexity index is 360. The van der Waals surface area contributed by atoms with Crippen LogP contribution in [0.4, 0.5) is 0 Å². The minimum absolute atomic E-state index is 0.0595. The van der Waals surface area contributed by atoms with Gasteiger partial charge >= 0.3 is 0 Å². The fraction of sp³-hybridized carbons (Fsp3) is 0.625. The quantitative estimate of drug-likeness (QED) is 0.791. The van der Waals surface area contributed by atoms with Gasteiger partial charge in [-0.15, -0.1) is 0 Å². The SMILES string of the molecule is OCCN(Cc1ccccc1)CC1(CO)CCCC1. The fourth-order valence-electron chi connectivity index (χ4n) is 3.16. The Morgan fingerprint density at radius 1 is 1.05 bits per heavy atom. The summed E-state index contributed by atoms with van der Waals surface area (Å²) in [6, 6.07) is 10.3. The van der Waals surface area contributed by atoms with Crippen LogP contribution in [0.1, 0.15) is 31.2 Å². The first kappa shape index (κ1) is 14.5. The molecule has 3 heteroatoms. The third kappa shape index (κ3) is 4.03. The van der Waals surface area contributed by atoms with Crippen LogP contribution in [0.5, 0.6) is 0 Å². The Labute approximate surface area is 115 Å². The molecule has 106 valence electrons. The van der Waals surface area contributed by atoms with Crippen molar-refractivity contribution in [1.29, 1.82) is 0 Å². The van der Waals surface area contributed by atoms with Gasteiger partial charge in [0.15, 0.2) is 0 Å². The van der Waals surface area contributed by atoms with Crippen LogP contribution in [-0.2, 0) is 6.54 Å². The van der Waals surface area contributed by atoms with Gasteiger partial charge in [0, 0.05) is 31.7 Å². The van der Waals surface area contributed by atoms with Crippen molar-refractivity contribution in [2.24, 2.45) is 5.41 Å². The third-order valence-corrected chi connectivity index (χ3v) is 4.22. The average Bonchev–Trinajstić information content (AvgIpc) is 2.89. The zero-order chi connectivity index (χ0) is 13.6. The summed E-state index contributed by atoms with van der Waals surface area (Å²) >= 11 is 0. The second-order valence-electron chi connectivity index (χ2n) is 5.79. The zero-order valence-corrected chi connectivity index (χ0v) is 11.6. The molecule has 0 saturated heterocycles. The molecular formula is C16H25NO2. The molecule has 1 aliphatic rings. The molecule has 0 aliphatic heterocycles. The number of hydrogen-bond donors (Lipinski definition) is 2. The molecule has 2 N–H and O–H groups in total. The van der Waals surface area contributed by atoms with Gasteiger partial charge in [0.2, 0.25) is 0 Å². The molecule has 1 aliphatic carbocycles. The lowest BCUT2D eigenvalue weighted by molar-refractivity contribution is 0.0659. The van der Waals surface area contributed by atoms with Gasteiger partial charge in [-0.05, 0) is 18.4 Å². The van der Waals surface area contributed by atoms with Crippen molar-refractivity contribution >= 4 is 0 Å². The highest BCUT2D eigenvalue weighted by Crippen LogP contribution is 2.38. The van der Waals surface area contributed by atoms with Crippen LogP contribution < -0.4 is 0 Å². The van der Waals surface area contributed by atoms with Gasteiger partial charge in [-0.2, -0.15) is 0 Å². The van der Waals surface area contributed by atoms with Crippen LogP contribution in [0.15, 0.2) is 30.3 Å². The maximum atomic E-state index is 9.71. The topological polar surface area (TPSA) is 43.7 Å². The van der Waals surface area contributed by atoms with E-state index in [1.165, 1.54) is 18.4 Å². The van der Waals surface area contributed by atoms with E-state index in [4.69, 9.17) is 0 Å². The highest BCUT2D eigenvalue weighted by molar-refractivity contribution is 5.14. The molecule has 0 heterocycles. The summed E-state index contributed by atoms with van der Waals surface area (Å²) in [7, 11) is 0. The smallest absolute Gasteiger partial charge is 0.0558 e. The minimum Gasteiger partial charge on any atom is -0.396 e. The fourth-order valence-corrected chi connectivity index (χ4v) is 3.16. The Morgan fingerprint density at radius 3 is 2.32 bits per heavy atom. The molecule has 1 aromatic rings. The van der Waals surface area contributed by atoms with Gasteiger partial charge in [0.1, 0.15) is 0 Å². The molecule has 0 aromatic heterocycles. The maximum Gasteiger partial charge on any atom is 0.0558 e. The van der Waals surface area contributed by atoms with Crippen molar-refractivity contribution in [3.63, 3.8) is 0 Å². The first-order valence-corrected chi connectivity index (χ1v) is 7.26. The van der Waals surface area contributed by atoms with Crippen LogP contribution in [0, 0.1) is 5.41 Å². The molecule has 0 radical (unpaired) electrons. The van der Waals surface area contributed by atoms with Crippen molar-refractivity contribution in [1.82, 2.24) is 4.90 Å². The lowest BCUT2D eigenvalue weighted by Gasteiger charge is -2.33. The monoisotopic (exact) mass is 263 g/mol. The van der Waals surface area contributed by atoms with E-state index in [0.29, 0.717) is 6.54 Å². The minimum atomic E-state index is 0.0595. The Balaban J connectivity index is 1.99. The normalized spacial score (nSPS) is 18.1. The zero-order valence-electron chi connectivity index (χ0n) is 11.6. The standard InChI is InChI=1S/C16H25NO2/c18-11-10-17(12-15-6-2-1-3-7-15)13-16(14-19)8-4-5-9-16/h1-3,6-7,18-19H,4-5,8-14H2. The van der Waals surface area contributed by atoms with Gasteiger partial charge in [-0.3, -0.25) is 4.90 Å². The van der Waals surface area contributed by atoms with Crippen LogP contribution in [-0.4, -0.2) is 41.4 Å². The van der Waals surface area contributed by atoms with E-state index >= 15 is 0 Å². The number of rotatable bonds is 7. The summed E-state index contributed by atoms with van der Waals surface area (Å²) in [5.74, 6) is 0. The molecule has 0 unspecified atom stereocenters. The van der Waals surface area contributed by atoms with E-state index in [-0.39, 0.29) is 18.6 Å². The van der Waals surface area contributed by atoms with Crippen molar-refractivity contribution in [2.45, 2.75) is 32.2 Å². The summed E-state index contributed by atoms with van der Waals surface area (Å²) < 4.78 is 0. The molecule has 1 saturated carbocycles. The van der Waals surface area contributed by atoms with Crippen LogP contribution >= 0.6 is 0 Å². The van der Waals surface area contributed by atoms with E-state index in [1.54, 1.807) is 0 Å². The molecule has 3 nitrogen and oxygen atoms in total. The van der Waals surface area contributed by atoms with E-state index < -0.39 is 0 Å². The third-order valence-electron chi connectivity index (χ3n) is 4.22. The molecule has 2 rings (SSSR count). The molecule has 0 atom stereocenters. The average molecular weight is 263 g/mol. The van der Waals surface area contributed by atoms with Crippen molar-refractivity contribution in [2.75, 3.05) is 26.3 Å². The first-order chi connectivity index (χ1) is 9.28. The van der Waals surface area contributed by atoms with Crippen molar-refractivity contribution in [3.05, 3.63) is 35.9 Å². The van der Waals surface area contributed by atoms with Gasteiger partial charge in [-0.1, -0.05) is 43.2 Å². The van der Waals surface area contributed by atoms with E-state index in [2.05, 4.69) is 17.0 Å². The number of benzene rings is 1. The molecule has 1 fully saturated rings. The van der Waals surface area contributed by atoms with Gasteiger partial charge < -0.3 is 10.2 Å². The molecule has 19 heavy (non-hydrogen) atoms. The summed E-state index contributed by atoms with van der Waals surface area (Å²) in [4.78, 5) is 2.27. The van der Waals surface area contributed by atoms with E-state index in [9.17, 15) is 10.2 Å². The number of hydrogen-bond acceptors (Lipinski definition) is 3. The van der Waals surface area contributed by atoms with Crippen LogP contribution in [0.2, 0.25) is 0 Å². The maximum absolute atomic E-state index is 9.71. The molecule has 0 amide bonds. The lowest BCUT2D eigenvalue weighted by Crippen LogP contribution is -2.39. The molecule has 1 aromatic carbocycles. The lowest BCUT2D eigenvalue weighted by atomic mass is 9.86. The Morgan fingerprint density at radius 2 is 1.74 bits per heavy atom. The van der Waals surface area contributed by atoms with Crippen LogP contribution in [0.3, 0.4) is 0 Å². The Kier molecular flexibility index (Phi) is 5.37. The number of nitrogens with zero attached hydrogens (tertiary/aromatic N) is 1. The molecule has 0 spiro atoms. The van der Waals surface area contributed by atoms with Gasteiger partial charge in [0.05, 0.1) is 6.61 Å². The summed E-state index contributed by atoms with van der Waals surface area (Å²) in [6.07, 6.45) is 4.66. The van der Waals surface area contributed by atoms with Crippen LogP contribution in [0.25, 0.3) is 0 Å². The van der Waals surface area contributed by atoms with E-state index in [0.717, 1.165) is 25.9 Å². The van der Waals surface area contributed by atoms with Crippen molar-refractivity contribution in [3.8, 4) is 0 Å². The van der Waals surface area contributed by atoms with Gasteiger partial charge in [0.25, 0.3) is 0 Å². The summed E-state index contributed by atoms with van der Waals surface area (Å²) in [5.41, 5.74) is 1.33. The largest absolute Gasteiger partial charge is 0.396 e. The second kappa shape index (κ2) is 7.04. The Hall–Kier alpha value is -0.900. The number of aliphatic hydroxyl groups is 2. The molecule has 0 bridgehead atoms. The summed E-state index contributed by atoms with van der Waals surface area (Å²) in [5, 5.41) is 19.0. The predicted molar refractivity (Wildman–Crippen MR) is 76.8 cm³/mol. The molecular weight excluding hydrogens is 238 g/mol. The second-order valence-corrected chi connectivity index (χ2v) is 5.79. The van der Waals surface area contributed by atoms with Crippen molar-refractivity contribution < 1.29 is 10.2 Å².